The molecule has 0 aliphatic heterocycles. The molecule has 0 unspecified atom stereocenters. The van der Waals surface area contributed by atoms with Crippen molar-refractivity contribution in [2.24, 2.45) is 0 Å². The van der Waals surface area contributed by atoms with E-state index < -0.39 is 0 Å². The maximum atomic E-state index is 11.7. The summed E-state index contributed by atoms with van der Waals surface area (Å²) in [5.74, 6) is -0.321. The quantitative estimate of drug-likeness (QED) is 0.671. The summed E-state index contributed by atoms with van der Waals surface area (Å²) in [5, 5.41) is 0.648. The molecule has 0 saturated carbocycles. The monoisotopic (exact) mass is 307 g/mol. The molecule has 1 heterocycles. The van der Waals surface area contributed by atoms with Crippen molar-refractivity contribution in [2.75, 3.05) is 5.43 Å². The van der Waals surface area contributed by atoms with E-state index in [2.05, 4.69) is 15.8 Å². The molecule has 1 aromatic carbocycles. The number of nitrogens with zero attached hydrogens (tertiary/aromatic N) is 1. The van der Waals surface area contributed by atoms with Crippen molar-refractivity contribution in [1.29, 1.82) is 0 Å². The van der Waals surface area contributed by atoms with Crippen LogP contribution in [0.2, 0.25) is 10.0 Å². The molecular formula is C14H11Cl2N3O. The van der Waals surface area contributed by atoms with Gasteiger partial charge in [-0.1, -0.05) is 53.5 Å². The molecule has 0 aliphatic rings. The lowest BCUT2D eigenvalue weighted by Gasteiger charge is -2.09. The third kappa shape index (κ3) is 3.98. The third-order valence-electron chi connectivity index (χ3n) is 2.39. The van der Waals surface area contributed by atoms with Crippen LogP contribution in [0.1, 0.15) is 5.56 Å². The summed E-state index contributed by atoms with van der Waals surface area (Å²) >= 11 is 11.8. The molecule has 1 aromatic heterocycles. The van der Waals surface area contributed by atoms with E-state index in [0.29, 0.717) is 15.7 Å². The fourth-order valence-electron chi connectivity index (χ4n) is 1.43. The highest BCUT2D eigenvalue weighted by Crippen LogP contribution is 2.27. The normalized spacial score (nSPS) is 10.5. The van der Waals surface area contributed by atoms with Gasteiger partial charge in [0.25, 0.3) is 5.91 Å². The lowest BCUT2D eigenvalue weighted by molar-refractivity contribution is -0.115. The molecule has 0 fully saturated rings. The summed E-state index contributed by atoms with van der Waals surface area (Å²) in [6.07, 6.45) is 5.97. The van der Waals surface area contributed by atoms with Gasteiger partial charge >= 0.3 is 0 Å². The van der Waals surface area contributed by atoms with E-state index >= 15 is 0 Å². The van der Waals surface area contributed by atoms with Crippen LogP contribution in [0.25, 0.3) is 6.08 Å². The van der Waals surface area contributed by atoms with Gasteiger partial charge in [0.15, 0.2) is 0 Å². The number of amides is 1. The Morgan fingerprint density at radius 1 is 1.10 bits per heavy atom. The van der Waals surface area contributed by atoms with Crippen molar-refractivity contribution in [3.8, 4) is 0 Å². The van der Waals surface area contributed by atoms with E-state index in [1.165, 1.54) is 18.5 Å². The van der Waals surface area contributed by atoms with Crippen LogP contribution in [0.15, 0.2) is 48.8 Å². The average molecular weight is 308 g/mol. The van der Waals surface area contributed by atoms with Crippen molar-refractivity contribution in [2.45, 2.75) is 0 Å². The molecule has 6 heteroatoms. The Morgan fingerprint density at radius 2 is 1.75 bits per heavy atom. The maximum absolute atomic E-state index is 11.7. The molecule has 2 rings (SSSR count). The average Bonchev–Trinajstić information content (AvgIpc) is 2.46. The molecule has 4 nitrogen and oxygen atoms in total. The highest BCUT2D eigenvalue weighted by atomic mass is 35.5. The van der Waals surface area contributed by atoms with Crippen molar-refractivity contribution in [3.05, 3.63) is 64.4 Å². The number of nitrogens with one attached hydrogen (secondary N) is 2. The van der Waals surface area contributed by atoms with Gasteiger partial charge in [-0.05, 0) is 11.6 Å². The first-order valence-corrected chi connectivity index (χ1v) is 6.50. The van der Waals surface area contributed by atoms with Gasteiger partial charge in [0.1, 0.15) is 0 Å². The molecule has 0 radical (unpaired) electrons. The topological polar surface area (TPSA) is 54.0 Å². The van der Waals surface area contributed by atoms with Gasteiger partial charge in [0, 0.05) is 18.5 Å². The van der Waals surface area contributed by atoms with Gasteiger partial charge in [-0.2, -0.15) is 0 Å². The molecule has 2 aromatic rings. The number of aromatic nitrogens is 1. The molecule has 20 heavy (non-hydrogen) atoms. The Kier molecular flexibility index (Phi) is 4.98. The number of anilines is 1. The molecule has 102 valence electrons. The van der Waals surface area contributed by atoms with E-state index in [1.54, 1.807) is 6.08 Å². The van der Waals surface area contributed by atoms with Gasteiger partial charge < -0.3 is 0 Å². The minimum Gasteiger partial charge on any atom is -0.295 e. The van der Waals surface area contributed by atoms with E-state index in [1.807, 2.05) is 30.3 Å². The van der Waals surface area contributed by atoms with Gasteiger partial charge in [-0.25, -0.2) is 0 Å². The molecule has 0 aliphatic carbocycles. The minimum atomic E-state index is -0.321. The highest BCUT2D eigenvalue weighted by Gasteiger charge is 2.05. The molecule has 0 bridgehead atoms. The minimum absolute atomic E-state index is 0.321. The van der Waals surface area contributed by atoms with Crippen LogP contribution in [0.4, 0.5) is 5.69 Å². The first-order valence-electron chi connectivity index (χ1n) is 5.75. The summed E-state index contributed by atoms with van der Waals surface area (Å²) in [5.41, 5.74) is 6.48. The maximum Gasteiger partial charge on any atom is 0.262 e. The number of benzene rings is 1. The van der Waals surface area contributed by atoms with Crippen LogP contribution in [-0.2, 0) is 4.79 Å². The second-order valence-electron chi connectivity index (χ2n) is 3.84. The van der Waals surface area contributed by atoms with Gasteiger partial charge in [0.2, 0.25) is 0 Å². The zero-order valence-electron chi connectivity index (χ0n) is 10.3. The second kappa shape index (κ2) is 6.93. The molecule has 0 spiro atoms. The number of carbonyl (C=O) groups excluding carboxylic acids is 1. The smallest absolute Gasteiger partial charge is 0.262 e. The van der Waals surface area contributed by atoms with Crippen LogP contribution in [-0.4, -0.2) is 10.9 Å². The fourth-order valence-corrected chi connectivity index (χ4v) is 1.89. The number of hydrogen-bond acceptors (Lipinski definition) is 3. The van der Waals surface area contributed by atoms with E-state index in [0.717, 1.165) is 5.56 Å². The van der Waals surface area contributed by atoms with Crippen LogP contribution >= 0.6 is 23.2 Å². The van der Waals surface area contributed by atoms with E-state index in [-0.39, 0.29) is 5.91 Å². The molecule has 0 atom stereocenters. The number of rotatable bonds is 4. The number of halogens is 2. The first kappa shape index (κ1) is 14.4. The summed E-state index contributed by atoms with van der Waals surface area (Å²) in [6, 6.07) is 9.49. The molecular weight excluding hydrogens is 297 g/mol. The Morgan fingerprint density at radius 3 is 2.40 bits per heavy atom. The van der Waals surface area contributed by atoms with Crippen LogP contribution in [0, 0.1) is 0 Å². The van der Waals surface area contributed by atoms with Crippen LogP contribution in [0.3, 0.4) is 0 Å². The highest BCUT2D eigenvalue weighted by molar-refractivity contribution is 6.38. The Labute approximate surface area is 126 Å². The standard InChI is InChI=1S/C14H11Cl2N3O/c15-11-8-17-9-12(16)14(11)19-18-13(20)7-6-10-4-2-1-3-5-10/h1-9H,(H,17,19)(H,18,20)/b7-6+. The summed E-state index contributed by atoms with van der Waals surface area (Å²) in [6.45, 7) is 0. The predicted molar refractivity (Wildman–Crippen MR) is 81.5 cm³/mol. The lowest BCUT2D eigenvalue weighted by Crippen LogP contribution is -2.27. The summed E-state index contributed by atoms with van der Waals surface area (Å²) < 4.78 is 0. The van der Waals surface area contributed by atoms with Crippen molar-refractivity contribution >= 4 is 40.9 Å². The largest absolute Gasteiger partial charge is 0.295 e. The van der Waals surface area contributed by atoms with Crippen LogP contribution in [0.5, 0.6) is 0 Å². The fraction of sp³-hybridized carbons (Fsp3) is 0. The lowest BCUT2D eigenvalue weighted by atomic mass is 10.2. The van der Waals surface area contributed by atoms with Crippen molar-refractivity contribution in [3.63, 3.8) is 0 Å². The zero-order valence-corrected chi connectivity index (χ0v) is 11.8. The number of pyridine rings is 1. The predicted octanol–water partition coefficient (Wildman–Crippen LogP) is 3.54. The van der Waals surface area contributed by atoms with Crippen LogP contribution < -0.4 is 10.9 Å². The first-order chi connectivity index (χ1) is 9.66. The molecule has 2 N–H and O–H groups in total. The Bertz CT molecular complexity index is 609. The van der Waals surface area contributed by atoms with Gasteiger partial charge in [-0.3, -0.25) is 20.6 Å². The third-order valence-corrected chi connectivity index (χ3v) is 2.96. The van der Waals surface area contributed by atoms with Gasteiger partial charge in [0.05, 0.1) is 15.7 Å². The number of hydrogen-bond donors (Lipinski definition) is 2. The zero-order chi connectivity index (χ0) is 14.4. The van der Waals surface area contributed by atoms with E-state index in [9.17, 15) is 4.79 Å². The second-order valence-corrected chi connectivity index (χ2v) is 4.65. The number of carbonyl (C=O) groups is 1. The SMILES string of the molecule is O=C(/C=C/c1ccccc1)NNc1c(Cl)cncc1Cl. The molecule has 1 amide bonds. The Hall–Kier alpha value is -2.04. The Balaban J connectivity index is 1.94. The van der Waals surface area contributed by atoms with Crippen molar-refractivity contribution in [1.82, 2.24) is 10.4 Å². The van der Waals surface area contributed by atoms with Gasteiger partial charge in [-0.15, -0.1) is 0 Å². The summed E-state index contributed by atoms with van der Waals surface area (Å²) in [4.78, 5) is 15.5. The van der Waals surface area contributed by atoms with Crippen molar-refractivity contribution < 1.29 is 4.79 Å². The number of hydrazine groups is 1. The summed E-state index contributed by atoms with van der Waals surface area (Å²) in [7, 11) is 0. The molecule has 0 saturated heterocycles. The van der Waals surface area contributed by atoms with E-state index in [4.69, 9.17) is 23.2 Å².